The standard InChI is InChI=1S/C22H22N4O2/c1-15-5-4-6-16(11-15)18-7-2-3-8-19(18)22(27)25-10-9-21-20(13-25)26-17(14-28-21)12-23-24-26/h2-8,11-12,20-21H,9-10,13-14H2,1H3/t20-,21-/m1/s1. The van der Waals surface area contributed by atoms with Crippen molar-refractivity contribution in [1.29, 1.82) is 0 Å². The molecular formula is C22H22N4O2. The maximum absolute atomic E-state index is 13.4. The van der Waals surface area contributed by atoms with Crippen molar-refractivity contribution in [3.05, 3.63) is 71.5 Å². The molecule has 0 spiro atoms. The van der Waals surface area contributed by atoms with E-state index in [4.69, 9.17) is 4.74 Å². The van der Waals surface area contributed by atoms with E-state index < -0.39 is 0 Å². The zero-order valence-corrected chi connectivity index (χ0v) is 15.8. The maximum atomic E-state index is 13.4. The zero-order valence-electron chi connectivity index (χ0n) is 15.8. The van der Waals surface area contributed by atoms with Crippen molar-refractivity contribution in [3.63, 3.8) is 0 Å². The van der Waals surface area contributed by atoms with Crippen molar-refractivity contribution in [2.24, 2.45) is 0 Å². The van der Waals surface area contributed by atoms with Crippen LogP contribution in [-0.4, -0.2) is 45.0 Å². The Morgan fingerprint density at radius 3 is 2.96 bits per heavy atom. The lowest BCUT2D eigenvalue weighted by atomic mass is 9.95. The van der Waals surface area contributed by atoms with Gasteiger partial charge in [0.2, 0.25) is 0 Å². The Hall–Kier alpha value is -2.99. The number of hydrogen-bond acceptors (Lipinski definition) is 4. The highest BCUT2D eigenvalue weighted by molar-refractivity contribution is 6.01. The summed E-state index contributed by atoms with van der Waals surface area (Å²) in [4.78, 5) is 15.4. The summed E-state index contributed by atoms with van der Waals surface area (Å²) >= 11 is 0. The number of nitrogens with zero attached hydrogens (tertiary/aromatic N) is 4. The van der Waals surface area contributed by atoms with Crippen LogP contribution < -0.4 is 0 Å². The van der Waals surface area contributed by atoms with E-state index in [1.165, 1.54) is 5.56 Å². The number of hydrogen-bond donors (Lipinski definition) is 0. The lowest BCUT2D eigenvalue weighted by molar-refractivity contribution is -0.0604. The molecule has 3 aromatic rings. The van der Waals surface area contributed by atoms with Crippen molar-refractivity contribution in [3.8, 4) is 11.1 Å². The van der Waals surface area contributed by atoms with Crippen molar-refractivity contribution >= 4 is 5.91 Å². The summed E-state index contributed by atoms with van der Waals surface area (Å²) < 4.78 is 7.90. The lowest BCUT2D eigenvalue weighted by Gasteiger charge is -2.41. The van der Waals surface area contributed by atoms with E-state index in [1.54, 1.807) is 6.20 Å². The number of aromatic nitrogens is 3. The largest absolute Gasteiger partial charge is 0.370 e. The van der Waals surface area contributed by atoms with Gasteiger partial charge in [-0.25, -0.2) is 4.68 Å². The van der Waals surface area contributed by atoms with Gasteiger partial charge in [-0.1, -0.05) is 53.2 Å². The highest BCUT2D eigenvalue weighted by Gasteiger charge is 2.38. The van der Waals surface area contributed by atoms with E-state index in [9.17, 15) is 4.79 Å². The molecule has 142 valence electrons. The van der Waals surface area contributed by atoms with Crippen LogP contribution in [0.2, 0.25) is 0 Å². The Morgan fingerprint density at radius 1 is 1.18 bits per heavy atom. The van der Waals surface area contributed by atoms with Gasteiger partial charge >= 0.3 is 0 Å². The fourth-order valence-corrected chi connectivity index (χ4v) is 4.27. The molecule has 2 aliphatic heterocycles. The number of aryl methyl sites for hydroxylation is 1. The molecule has 1 amide bonds. The number of likely N-dealkylation sites (tertiary alicyclic amines) is 1. The van der Waals surface area contributed by atoms with Gasteiger partial charge in [0.1, 0.15) is 0 Å². The molecule has 0 saturated carbocycles. The summed E-state index contributed by atoms with van der Waals surface area (Å²) in [5, 5.41) is 8.25. The third-order valence-corrected chi connectivity index (χ3v) is 5.70. The Kier molecular flexibility index (Phi) is 4.20. The highest BCUT2D eigenvalue weighted by Crippen LogP contribution is 2.32. The molecule has 3 heterocycles. The molecule has 6 nitrogen and oxygen atoms in total. The number of rotatable bonds is 2. The molecule has 0 unspecified atom stereocenters. The molecule has 28 heavy (non-hydrogen) atoms. The molecule has 5 rings (SSSR count). The molecular weight excluding hydrogens is 352 g/mol. The predicted molar refractivity (Wildman–Crippen MR) is 105 cm³/mol. The minimum atomic E-state index is 0.0232. The average Bonchev–Trinajstić information content (AvgIpc) is 3.22. The second-order valence-corrected chi connectivity index (χ2v) is 7.54. The number of ether oxygens (including phenoxy) is 1. The van der Waals surface area contributed by atoms with Gasteiger partial charge in [0.05, 0.1) is 30.6 Å². The van der Waals surface area contributed by atoms with Crippen LogP contribution in [0.3, 0.4) is 0 Å². The Bertz CT molecular complexity index is 1030. The van der Waals surface area contributed by atoms with E-state index in [2.05, 4.69) is 35.4 Å². The first-order chi connectivity index (χ1) is 13.7. The van der Waals surface area contributed by atoms with Crippen LogP contribution in [0.15, 0.2) is 54.7 Å². The van der Waals surface area contributed by atoms with E-state index >= 15 is 0 Å². The van der Waals surface area contributed by atoms with Gasteiger partial charge in [0.15, 0.2) is 0 Å². The zero-order chi connectivity index (χ0) is 19.1. The van der Waals surface area contributed by atoms with Crippen LogP contribution in [0.4, 0.5) is 0 Å². The quantitative estimate of drug-likeness (QED) is 0.691. The molecule has 2 aromatic carbocycles. The molecule has 1 fully saturated rings. The molecule has 1 aromatic heterocycles. The second kappa shape index (κ2) is 6.87. The van der Waals surface area contributed by atoms with Crippen molar-refractivity contribution < 1.29 is 9.53 Å². The smallest absolute Gasteiger partial charge is 0.254 e. The number of carbonyl (C=O) groups excluding carboxylic acids is 1. The first kappa shape index (κ1) is 17.1. The summed E-state index contributed by atoms with van der Waals surface area (Å²) in [5.41, 5.74) is 4.93. The predicted octanol–water partition coefficient (Wildman–Crippen LogP) is 3.24. The molecule has 0 radical (unpaired) electrons. The fraction of sp³-hybridized carbons (Fsp3) is 0.318. The minimum absolute atomic E-state index is 0.0232. The van der Waals surface area contributed by atoms with Crippen molar-refractivity contribution in [1.82, 2.24) is 19.9 Å². The molecule has 6 heteroatoms. The van der Waals surface area contributed by atoms with Gasteiger partial charge < -0.3 is 9.64 Å². The van der Waals surface area contributed by atoms with Crippen LogP contribution in [0.5, 0.6) is 0 Å². The summed E-state index contributed by atoms with van der Waals surface area (Å²) in [7, 11) is 0. The molecule has 0 N–H and O–H groups in total. The number of fused-ring (bicyclic) bond motifs is 3. The lowest BCUT2D eigenvalue weighted by Crippen LogP contribution is -2.50. The summed E-state index contributed by atoms with van der Waals surface area (Å²) in [5.74, 6) is 0.0581. The van der Waals surface area contributed by atoms with Crippen LogP contribution in [0.1, 0.15) is 34.1 Å². The molecule has 1 saturated heterocycles. The molecule has 2 aliphatic rings. The summed E-state index contributed by atoms with van der Waals surface area (Å²) in [6.07, 6.45) is 2.64. The van der Waals surface area contributed by atoms with E-state index in [1.807, 2.05) is 39.9 Å². The van der Waals surface area contributed by atoms with Crippen molar-refractivity contribution in [2.45, 2.75) is 32.1 Å². The number of benzene rings is 2. The van der Waals surface area contributed by atoms with Gasteiger partial charge in [-0.15, -0.1) is 5.10 Å². The molecule has 0 bridgehead atoms. The molecule has 0 aliphatic carbocycles. The van der Waals surface area contributed by atoms with E-state index in [0.717, 1.165) is 28.8 Å². The normalized spacial score (nSPS) is 21.1. The Balaban J connectivity index is 1.45. The number of piperidine rings is 1. The van der Waals surface area contributed by atoms with Crippen molar-refractivity contribution in [2.75, 3.05) is 13.1 Å². The minimum Gasteiger partial charge on any atom is -0.370 e. The second-order valence-electron chi connectivity index (χ2n) is 7.54. The third-order valence-electron chi connectivity index (χ3n) is 5.70. The average molecular weight is 374 g/mol. The Morgan fingerprint density at radius 2 is 2.07 bits per heavy atom. The summed E-state index contributed by atoms with van der Waals surface area (Å²) in [6, 6.07) is 16.2. The molecule has 2 atom stereocenters. The van der Waals surface area contributed by atoms with Gasteiger partial charge in [-0.05, 0) is 30.5 Å². The van der Waals surface area contributed by atoms with E-state index in [-0.39, 0.29) is 18.1 Å². The van der Waals surface area contributed by atoms with Gasteiger partial charge in [0, 0.05) is 18.7 Å². The number of carbonyl (C=O) groups is 1. The van der Waals surface area contributed by atoms with Gasteiger partial charge in [-0.3, -0.25) is 4.79 Å². The van der Waals surface area contributed by atoms with Crippen LogP contribution in [-0.2, 0) is 11.3 Å². The van der Waals surface area contributed by atoms with Crippen LogP contribution >= 0.6 is 0 Å². The fourth-order valence-electron chi connectivity index (χ4n) is 4.27. The van der Waals surface area contributed by atoms with Gasteiger partial charge in [-0.2, -0.15) is 0 Å². The van der Waals surface area contributed by atoms with Crippen LogP contribution in [0, 0.1) is 6.92 Å². The monoisotopic (exact) mass is 374 g/mol. The first-order valence-corrected chi connectivity index (χ1v) is 9.67. The third kappa shape index (κ3) is 2.90. The maximum Gasteiger partial charge on any atom is 0.254 e. The highest BCUT2D eigenvalue weighted by atomic mass is 16.5. The first-order valence-electron chi connectivity index (χ1n) is 9.67. The van der Waals surface area contributed by atoms with Crippen LogP contribution in [0.25, 0.3) is 11.1 Å². The van der Waals surface area contributed by atoms with Gasteiger partial charge in [0.25, 0.3) is 5.91 Å². The summed E-state index contributed by atoms with van der Waals surface area (Å²) in [6.45, 7) is 3.88. The SMILES string of the molecule is Cc1cccc(-c2ccccc2C(=O)N2CC[C@H]3OCc4cnnn4[C@@H]3C2)c1. The number of amides is 1. The Labute approximate surface area is 163 Å². The van der Waals surface area contributed by atoms with E-state index in [0.29, 0.717) is 19.7 Å². The topological polar surface area (TPSA) is 60.3 Å².